The van der Waals surface area contributed by atoms with E-state index in [2.05, 4.69) is 62.5 Å². The van der Waals surface area contributed by atoms with Gasteiger partial charge in [-0.15, -0.1) is 0 Å². The summed E-state index contributed by atoms with van der Waals surface area (Å²) in [5.74, 6) is -1.50. The van der Waals surface area contributed by atoms with Gasteiger partial charge in [0.2, 0.25) is 0 Å². The zero-order valence-electron chi connectivity index (χ0n) is 37.5. The van der Waals surface area contributed by atoms with Crippen molar-refractivity contribution in [2.24, 2.45) is 0 Å². The fourth-order valence-electron chi connectivity index (χ4n) is 6.60. The molecule has 57 heavy (non-hydrogen) atoms. The van der Waals surface area contributed by atoms with Gasteiger partial charge in [0.15, 0.2) is 12.1 Å². The fourth-order valence-corrected chi connectivity index (χ4v) is 6.60. The standard InChI is InChI=1S/C49H87NO7/c1-6-8-10-12-14-16-18-20-22-23-24-26-28-30-32-34-36-38-40-48(52)57-45(43-55-42-41-46(49(53)54)50(3,4)5)44-56-47(51)39-37-35-33-31-29-27-25-21-19-17-15-13-11-9-7-2/h15,17,19,21-24,26,45-46H,6-14,16,18,20,25,27-44H2,1-5H3/p+1/b17-15+,21-19+,23-22+,26-24+. The summed E-state index contributed by atoms with van der Waals surface area (Å²) in [6.45, 7) is 4.68. The van der Waals surface area contributed by atoms with Crippen LogP contribution >= 0.6 is 0 Å². The van der Waals surface area contributed by atoms with Gasteiger partial charge in [-0.3, -0.25) is 9.59 Å². The molecular weight excluding hydrogens is 715 g/mol. The van der Waals surface area contributed by atoms with E-state index in [9.17, 15) is 19.5 Å². The lowest BCUT2D eigenvalue weighted by Crippen LogP contribution is -2.50. The summed E-state index contributed by atoms with van der Waals surface area (Å²) in [5.41, 5.74) is 0. The van der Waals surface area contributed by atoms with E-state index < -0.39 is 18.1 Å². The number of carbonyl (C=O) groups is 3. The first-order valence-corrected chi connectivity index (χ1v) is 23.2. The van der Waals surface area contributed by atoms with Gasteiger partial charge in [-0.05, 0) is 64.2 Å². The van der Waals surface area contributed by atoms with E-state index in [4.69, 9.17) is 14.2 Å². The molecule has 330 valence electrons. The summed E-state index contributed by atoms with van der Waals surface area (Å²) in [6.07, 6.45) is 47.2. The number of nitrogens with zero attached hydrogens (tertiary/aromatic N) is 1. The Morgan fingerprint density at radius 2 is 0.912 bits per heavy atom. The van der Waals surface area contributed by atoms with Crippen LogP contribution in [0.4, 0.5) is 0 Å². The number of carboxylic acid groups (broad SMARTS) is 1. The number of unbranched alkanes of at least 4 members (excludes halogenated alkanes) is 21. The first-order chi connectivity index (χ1) is 27.6. The molecule has 8 heteroatoms. The van der Waals surface area contributed by atoms with Crippen LogP contribution < -0.4 is 0 Å². The fraction of sp³-hybridized carbons (Fsp3) is 0.776. The molecule has 0 saturated carbocycles. The number of ether oxygens (including phenoxy) is 3. The Balaban J connectivity index is 4.37. The van der Waals surface area contributed by atoms with E-state index in [1.54, 1.807) is 0 Å². The van der Waals surface area contributed by atoms with Gasteiger partial charge in [0.1, 0.15) is 6.61 Å². The second kappa shape index (κ2) is 40.1. The zero-order chi connectivity index (χ0) is 42.1. The molecule has 0 amide bonds. The Bertz CT molecular complexity index is 1070. The van der Waals surface area contributed by atoms with Crippen molar-refractivity contribution in [1.82, 2.24) is 0 Å². The molecule has 1 N–H and O–H groups in total. The smallest absolute Gasteiger partial charge is 0.362 e. The lowest BCUT2D eigenvalue weighted by atomic mass is 10.1. The van der Waals surface area contributed by atoms with E-state index in [-0.39, 0.29) is 36.2 Å². The van der Waals surface area contributed by atoms with Gasteiger partial charge in [-0.25, -0.2) is 4.79 Å². The lowest BCUT2D eigenvalue weighted by Gasteiger charge is -2.31. The number of hydrogen-bond acceptors (Lipinski definition) is 6. The Kier molecular flexibility index (Phi) is 38.2. The van der Waals surface area contributed by atoms with Crippen molar-refractivity contribution < 1.29 is 38.2 Å². The number of carbonyl (C=O) groups excluding carboxylic acids is 2. The van der Waals surface area contributed by atoms with Crippen LogP contribution in [0.5, 0.6) is 0 Å². The maximum atomic E-state index is 12.7. The van der Waals surface area contributed by atoms with Crippen LogP contribution in [-0.2, 0) is 28.6 Å². The Hall–Kier alpha value is -2.71. The molecule has 2 atom stereocenters. The Morgan fingerprint density at radius 3 is 1.35 bits per heavy atom. The minimum atomic E-state index is -0.880. The van der Waals surface area contributed by atoms with E-state index in [1.165, 1.54) is 89.9 Å². The highest BCUT2D eigenvalue weighted by Gasteiger charge is 2.31. The summed E-state index contributed by atoms with van der Waals surface area (Å²) < 4.78 is 17.3. The largest absolute Gasteiger partial charge is 0.477 e. The summed E-state index contributed by atoms with van der Waals surface area (Å²) in [4.78, 5) is 37.0. The first kappa shape index (κ1) is 54.3. The third-order valence-electron chi connectivity index (χ3n) is 10.3. The number of hydrogen-bond donors (Lipinski definition) is 1. The highest BCUT2D eigenvalue weighted by Crippen LogP contribution is 2.14. The topological polar surface area (TPSA) is 99.1 Å². The maximum Gasteiger partial charge on any atom is 0.362 e. The van der Waals surface area contributed by atoms with Crippen LogP contribution in [0.1, 0.15) is 194 Å². The molecule has 0 rings (SSSR count). The van der Waals surface area contributed by atoms with Gasteiger partial charge in [-0.1, -0.05) is 159 Å². The van der Waals surface area contributed by atoms with Crippen molar-refractivity contribution in [1.29, 1.82) is 0 Å². The second-order valence-electron chi connectivity index (χ2n) is 16.7. The molecule has 0 fully saturated rings. The number of aliphatic carboxylic acids is 1. The van der Waals surface area contributed by atoms with Crippen molar-refractivity contribution >= 4 is 17.9 Å². The van der Waals surface area contributed by atoms with Gasteiger partial charge in [0, 0.05) is 19.3 Å². The third-order valence-corrected chi connectivity index (χ3v) is 10.3. The van der Waals surface area contributed by atoms with E-state index in [0.29, 0.717) is 19.3 Å². The molecule has 0 aliphatic carbocycles. The Morgan fingerprint density at radius 1 is 0.526 bits per heavy atom. The summed E-state index contributed by atoms with van der Waals surface area (Å²) in [6, 6.07) is -0.620. The van der Waals surface area contributed by atoms with Crippen molar-refractivity contribution in [3.05, 3.63) is 48.6 Å². The zero-order valence-corrected chi connectivity index (χ0v) is 37.5. The molecule has 0 aliphatic rings. The van der Waals surface area contributed by atoms with Crippen LogP contribution in [-0.4, -0.2) is 80.6 Å². The van der Waals surface area contributed by atoms with Crippen molar-refractivity contribution in [2.45, 2.75) is 206 Å². The molecule has 2 unspecified atom stereocenters. The number of esters is 2. The van der Waals surface area contributed by atoms with Crippen molar-refractivity contribution in [3.8, 4) is 0 Å². The van der Waals surface area contributed by atoms with Crippen LogP contribution in [0.15, 0.2) is 48.6 Å². The van der Waals surface area contributed by atoms with Crippen molar-refractivity contribution in [3.63, 3.8) is 0 Å². The molecule has 0 bridgehead atoms. The number of likely N-dealkylation sites (N-methyl/N-ethyl adjacent to an activating group) is 1. The summed E-state index contributed by atoms with van der Waals surface area (Å²) in [7, 11) is 5.52. The predicted octanol–water partition coefficient (Wildman–Crippen LogP) is 12.8. The first-order valence-electron chi connectivity index (χ1n) is 23.2. The van der Waals surface area contributed by atoms with Crippen molar-refractivity contribution in [2.75, 3.05) is 41.0 Å². The molecule has 0 aliphatic heterocycles. The van der Waals surface area contributed by atoms with Crippen LogP contribution in [0.25, 0.3) is 0 Å². The normalized spacial score (nSPS) is 13.4. The quantitative estimate of drug-likeness (QED) is 0.0284. The second-order valence-corrected chi connectivity index (χ2v) is 16.7. The SMILES string of the molecule is CCCCC/C=C/C=C/CCCCCCCCC(=O)OCC(COCCC(C(=O)O)[N+](C)(C)C)OC(=O)CCCCCCC/C=C/C=C/CCCCCCCCC. The van der Waals surface area contributed by atoms with Gasteiger partial charge >= 0.3 is 17.9 Å². The maximum absolute atomic E-state index is 12.7. The van der Waals surface area contributed by atoms with Crippen LogP contribution in [0, 0.1) is 0 Å². The number of rotatable bonds is 41. The summed E-state index contributed by atoms with van der Waals surface area (Å²) >= 11 is 0. The molecule has 0 aromatic carbocycles. The molecule has 0 heterocycles. The average molecular weight is 803 g/mol. The van der Waals surface area contributed by atoms with Gasteiger partial charge < -0.3 is 23.8 Å². The monoisotopic (exact) mass is 803 g/mol. The van der Waals surface area contributed by atoms with Gasteiger partial charge in [0.05, 0.1) is 34.4 Å². The number of quaternary nitrogens is 1. The molecule has 0 aromatic rings. The predicted molar refractivity (Wildman–Crippen MR) is 238 cm³/mol. The highest BCUT2D eigenvalue weighted by atomic mass is 16.6. The molecule has 0 spiro atoms. The number of carboxylic acids is 1. The van der Waals surface area contributed by atoms with Crippen LogP contribution in [0.3, 0.4) is 0 Å². The van der Waals surface area contributed by atoms with Gasteiger partial charge in [-0.2, -0.15) is 0 Å². The average Bonchev–Trinajstić information content (AvgIpc) is 3.17. The van der Waals surface area contributed by atoms with Gasteiger partial charge in [0.25, 0.3) is 0 Å². The minimum absolute atomic E-state index is 0.0504. The molecule has 0 radical (unpaired) electrons. The van der Waals surface area contributed by atoms with E-state index in [1.807, 2.05) is 21.1 Å². The number of allylic oxidation sites excluding steroid dienone is 8. The molecule has 8 nitrogen and oxygen atoms in total. The highest BCUT2D eigenvalue weighted by molar-refractivity contribution is 5.72. The lowest BCUT2D eigenvalue weighted by molar-refractivity contribution is -0.887. The van der Waals surface area contributed by atoms with E-state index in [0.717, 1.165) is 70.6 Å². The Labute approximate surface area is 350 Å². The van der Waals surface area contributed by atoms with E-state index >= 15 is 0 Å². The minimum Gasteiger partial charge on any atom is -0.477 e. The molecule has 0 saturated heterocycles. The molecule has 0 aromatic heterocycles. The summed E-state index contributed by atoms with van der Waals surface area (Å²) in [5, 5.41) is 9.63. The van der Waals surface area contributed by atoms with Crippen LogP contribution in [0.2, 0.25) is 0 Å². The molecular formula is C49H88NO7+. The third kappa shape index (κ3) is 38.6.